The zero-order valence-corrected chi connectivity index (χ0v) is 15.1. The molecule has 0 aliphatic carbocycles. The minimum absolute atomic E-state index is 0.0992. The molecule has 0 saturated carbocycles. The van der Waals surface area contributed by atoms with E-state index >= 15 is 0 Å². The molecule has 3 aromatic rings. The fourth-order valence-corrected chi connectivity index (χ4v) is 2.68. The van der Waals surface area contributed by atoms with Gasteiger partial charge in [0.15, 0.2) is 17.3 Å². The molecule has 5 heteroatoms. The standard InChI is InChI=1S/C22H19NO4/c1-26-19-12-11-17(14-20(19)27-2)22(25)23-18-10-6-9-16(13-18)21(24)15-7-4-3-5-8-15/h3-14H,1-2H3,(H,23,25). The van der Waals surface area contributed by atoms with Crippen molar-refractivity contribution in [1.29, 1.82) is 0 Å². The highest BCUT2D eigenvalue weighted by Gasteiger charge is 2.13. The molecule has 1 N–H and O–H groups in total. The second kappa shape index (κ2) is 8.19. The average Bonchev–Trinajstić information content (AvgIpc) is 2.73. The summed E-state index contributed by atoms with van der Waals surface area (Å²) in [7, 11) is 3.05. The summed E-state index contributed by atoms with van der Waals surface area (Å²) >= 11 is 0. The highest BCUT2D eigenvalue weighted by atomic mass is 16.5. The van der Waals surface area contributed by atoms with E-state index in [1.165, 1.54) is 14.2 Å². The Balaban J connectivity index is 1.80. The number of nitrogens with one attached hydrogen (secondary N) is 1. The Morgan fingerprint density at radius 1 is 0.704 bits per heavy atom. The van der Waals surface area contributed by atoms with Crippen molar-refractivity contribution in [2.75, 3.05) is 19.5 Å². The summed E-state index contributed by atoms with van der Waals surface area (Å²) in [6.07, 6.45) is 0. The molecule has 0 radical (unpaired) electrons. The zero-order valence-electron chi connectivity index (χ0n) is 15.1. The van der Waals surface area contributed by atoms with Crippen molar-refractivity contribution in [2.45, 2.75) is 0 Å². The number of carbonyl (C=O) groups is 2. The van der Waals surface area contributed by atoms with Crippen molar-refractivity contribution in [2.24, 2.45) is 0 Å². The summed E-state index contributed by atoms with van der Waals surface area (Å²) in [5.74, 6) is 0.612. The number of benzene rings is 3. The lowest BCUT2D eigenvalue weighted by Gasteiger charge is -2.10. The molecule has 0 spiro atoms. The Morgan fingerprint density at radius 3 is 2.11 bits per heavy atom. The van der Waals surface area contributed by atoms with Crippen LogP contribution in [0.5, 0.6) is 11.5 Å². The number of hydrogen-bond acceptors (Lipinski definition) is 4. The van der Waals surface area contributed by atoms with Gasteiger partial charge in [-0.3, -0.25) is 9.59 Å². The first kappa shape index (κ1) is 18.2. The summed E-state index contributed by atoms with van der Waals surface area (Å²) in [5.41, 5.74) is 2.07. The Labute approximate surface area is 157 Å². The summed E-state index contributed by atoms with van der Waals surface area (Å²) in [4.78, 5) is 25.1. The third-order valence-electron chi connectivity index (χ3n) is 4.06. The van der Waals surface area contributed by atoms with Gasteiger partial charge in [-0.15, -0.1) is 0 Å². The highest BCUT2D eigenvalue weighted by molar-refractivity contribution is 6.10. The third kappa shape index (κ3) is 4.15. The molecular weight excluding hydrogens is 342 g/mol. The van der Waals surface area contributed by atoms with Gasteiger partial charge in [-0.05, 0) is 30.3 Å². The Hall–Kier alpha value is -3.60. The van der Waals surface area contributed by atoms with E-state index in [9.17, 15) is 9.59 Å². The van der Waals surface area contributed by atoms with Crippen LogP contribution >= 0.6 is 0 Å². The van der Waals surface area contributed by atoms with Crippen molar-refractivity contribution in [3.63, 3.8) is 0 Å². The molecule has 136 valence electrons. The fourth-order valence-electron chi connectivity index (χ4n) is 2.68. The van der Waals surface area contributed by atoms with Gasteiger partial charge in [0.05, 0.1) is 14.2 Å². The Kier molecular flexibility index (Phi) is 5.52. The topological polar surface area (TPSA) is 64.6 Å². The summed E-state index contributed by atoms with van der Waals surface area (Å²) in [5, 5.41) is 2.81. The van der Waals surface area contributed by atoms with Gasteiger partial charge in [0.25, 0.3) is 5.91 Å². The van der Waals surface area contributed by atoms with E-state index < -0.39 is 0 Å². The van der Waals surface area contributed by atoms with Crippen LogP contribution in [0.25, 0.3) is 0 Å². The summed E-state index contributed by atoms with van der Waals surface area (Å²) in [6, 6.07) is 20.8. The van der Waals surface area contributed by atoms with Crippen molar-refractivity contribution >= 4 is 17.4 Å². The van der Waals surface area contributed by atoms with Crippen LogP contribution < -0.4 is 14.8 Å². The van der Waals surface area contributed by atoms with Crippen LogP contribution in [0.4, 0.5) is 5.69 Å². The molecule has 1 amide bonds. The van der Waals surface area contributed by atoms with Gasteiger partial charge in [-0.2, -0.15) is 0 Å². The minimum atomic E-state index is -0.305. The Morgan fingerprint density at radius 2 is 1.41 bits per heavy atom. The monoisotopic (exact) mass is 361 g/mol. The van der Waals surface area contributed by atoms with Crippen LogP contribution in [0.1, 0.15) is 26.3 Å². The maximum absolute atomic E-state index is 12.6. The lowest BCUT2D eigenvalue weighted by Crippen LogP contribution is -2.12. The average molecular weight is 361 g/mol. The highest BCUT2D eigenvalue weighted by Crippen LogP contribution is 2.28. The van der Waals surface area contributed by atoms with Gasteiger partial charge in [0.1, 0.15) is 0 Å². The molecule has 0 bridgehead atoms. The molecule has 0 aromatic heterocycles. The minimum Gasteiger partial charge on any atom is -0.493 e. The normalized spacial score (nSPS) is 10.1. The van der Waals surface area contributed by atoms with Crippen molar-refractivity contribution < 1.29 is 19.1 Å². The largest absolute Gasteiger partial charge is 0.493 e. The number of anilines is 1. The first-order chi connectivity index (χ1) is 13.1. The molecule has 27 heavy (non-hydrogen) atoms. The van der Waals surface area contributed by atoms with Gasteiger partial charge in [0.2, 0.25) is 0 Å². The molecule has 0 heterocycles. The number of rotatable bonds is 6. The summed E-state index contributed by atoms with van der Waals surface area (Å²) < 4.78 is 10.4. The van der Waals surface area contributed by atoms with Crippen molar-refractivity contribution in [3.05, 3.63) is 89.5 Å². The molecule has 3 rings (SSSR count). The van der Waals surface area contributed by atoms with Gasteiger partial charge in [-0.1, -0.05) is 42.5 Å². The van der Waals surface area contributed by atoms with E-state index in [0.717, 1.165) is 0 Å². The second-order valence-electron chi connectivity index (χ2n) is 5.80. The van der Waals surface area contributed by atoms with Gasteiger partial charge in [-0.25, -0.2) is 0 Å². The molecule has 0 unspecified atom stereocenters. The zero-order chi connectivity index (χ0) is 19.2. The van der Waals surface area contributed by atoms with E-state index in [1.54, 1.807) is 54.6 Å². The van der Waals surface area contributed by atoms with Gasteiger partial charge >= 0.3 is 0 Å². The van der Waals surface area contributed by atoms with Crippen LogP contribution in [0, 0.1) is 0 Å². The smallest absolute Gasteiger partial charge is 0.255 e. The maximum Gasteiger partial charge on any atom is 0.255 e. The van der Waals surface area contributed by atoms with E-state index in [0.29, 0.717) is 33.9 Å². The predicted molar refractivity (Wildman–Crippen MR) is 104 cm³/mol. The van der Waals surface area contributed by atoms with E-state index in [-0.39, 0.29) is 11.7 Å². The van der Waals surface area contributed by atoms with Crippen LogP contribution in [0.15, 0.2) is 72.8 Å². The molecule has 0 fully saturated rings. The maximum atomic E-state index is 12.6. The Bertz CT molecular complexity index is 967. The first-order valence-corrected chi connectivity index (χ1v) is 8.35. The first-order valence-electron chi connectivity index (χ1n) is 8.35. The quantitative estimate of drug-likeness (QED) is 0.669. The predicted octanol–water partition coefficient (Wildman–Crippen LogP) is 4.19. The van der Waals surface area contributed by atoms with E-state index in [2.05, 4.69) is 5.32 Å². The van der Waals surface area contributed by atoms with Crippen LogP contribution in [-0.2, 0) is 0 Å². The molecule has 0 aliphatic heterocycles. The number of methoxy groups -OCH3 is 2. The van der Waals surface area contributed by atoms with Crippen molar-refractivity contribution in [3.8, 4) is 11.5 Å². The number of ether oxygens (including phenoxy) is 2. The lowest BCUT2D eigenvalue weighted by atomic mass is 10.0. The molecule has 5 nitrogen and oxygen atoms in total. The van der Waals surface area contributed by atoms with Gasteiger partial charge in [0, 0.05) is 22.4 Å². The summed E-state index contributed by atoms with van der Waals surface area (Å²) in [6.45, 7) is 0. The second-order valence-corrected chi connectivity index (χ2v) is 5.80. The van der Waals surface area contributed by atoms with Crippen molar-refractivity contribution in [1.82, 2.24) is 0 Å². The van der Waals surface area contributed by atoms with Gasteiger partial charge < -0.3 is 14.8 Å². The molecule has 0 saturated heterocycles. The van der Waals surface area contributed by atoms with Crippen LogP contribution in [-0.4, -0.2) is 25.9 Å². The molecule has 3 aromatic carbocycles. The number of hydrogen-bond donors (Lipinski definition) is 1. The third-order valence-corrected chi connectivity index (χ3v) is 4.06. The lowest BCUT2D eigenvalue weighted by molar-refractivity contribution is 0.102. The molecular formula is C22H19NO4. The van der Waals surface area contributed by atoms with E-state index in [1.807, 2.05) is 18.2 Å². The fraction of sp³-hybridized carbons (Fsp3) is 0.0909. The number of amides is 1. The number of carbonyl (C=O) groups excluding carboxylic acids is 2. The van der Waals surface area contributed by atoms with E-state index in [4.69, 9.17) is 9.47 Å². The van der Waals surface area contributed by atoms with Crippen LogP contribution in [0.2, 0.25) is 0 Å². The van der Waals surface area contributed by atoms with Crippen LogP contribution in [0.3, 0.4) is 0 Å². The SMILES string of the molecule is COc1ccc(C(=O)Nc2cccc(C(=O)c3ccccc3)c2)cc1OC. The number of ketones is 1. The molecule has 0 atom stereocenters. The molecule has 0 aliphatic rings.